The van der Waals surface area contributed by atoms with Gasteiger partial charge in [-0.25, -0.2) is 4.57 Å². The van der Waals surface area contributed by atoms with Crippen LogP contribution in [0.25, 0.3) is 0 Å². The summed E-state index contributed by atoms with van der Waals surface area (Å²) in [5, 5.41) is 18.4. The quantitative estimate of drug-likeness (QED) is 0.0233. The van der Waals surface area contributed by atoms with Crippen molar-refractivity contribution in [3.05, 3.63) is 85.1 Å². The largest absolute Gasteiger partial charge is 0.472 e. The Morgan fingerprint density at radius 3 is 1.35 bits per heavy atom. The van der Waals surface area contributed by atoms with Gasteiger partial charge in [0, 0.05) is 12.8 Å². The molecule has 0 bridgehead atoms. The van der Waals surface area contributed by atoms with Gasteiger partial charge in [0.15, 0.2) is 6.10 Å². The molecule has 0 saturated carbocycles. The van der Waals surface area contributed by atoms with Gasteiger partial charge in [-0.05, 0) is 83.5 Å². The Morgan fingerprint density at radius 1 is 0.462 bits per heavy atom. The number of ether oxygens (including phenoxy) is 2. The number of esters is 2. The minimum Gasteiger partial charge on any atom is -0.462 e. The summed E-state index contributed by atoms with van der Waals surface area (Å²) in [4.78, 5) is 35.1. The normalized spacial score (nSPS) is 14.4. The van der Waals surface area contributed by atoms with Gasteiger partial charge < -0.3 is 24.6 Å². The number of hydrogen-bond acceptors (Lipinski definition) is 9. The lowest BCUT2D eigenvalue weighted by molar-refractivity contribution is -0.161. The van der Waals surface area contributed by atoms with Crippen LogP contribution in [-0.4, -0.2) is 65.7 Å². The minimum absolute atomic E-state index is 0.0488. The number of phosphoric acid groups is 1. The highest BCUT2D eigenvalue weighted by molar-refractivity contribution is 7.47. The van der Waals surface area contributed by atoms with Crippen molar-refractivity contribution in [1.82, 2.24) is 0 Å². The second-order valence-electron chi connectivity index (χ2n) is 16.8. The van der Waals surface area contributed by atoms with E-state index in [2.05, 4.69) is 91.3 Å². The van der Waals surface area contributed by atoms with Crippen molar-refractivity contribution < 1.29 is 47.8 Å². The van der Waals surface area contributed by atoms with E-state index < -0.39 is 51.8 Å². The zero-order valence-corrected chi connectivity index (χ0v) is 41.8. The number of hydrogen-bond donors (Lipinski definition) is 3. The van der Waals surface area contributed by atoms with Crippen LogP contribution in [0, 0.1) is 0 Å². The average Bonchev–Trinajstić information content (AvgIpc) is 3.30. The standard InChI is InChI=1S/C54H93O10P/c1-3-5-7-9-11-13-15-17-19-21-23-24-25-26-28-29-31-33-35-37-39-41-43-45-53(57)61-49-52(50-63-65(59,60)62-48-51(56)47-55)64-54(58)46-44-42-40-38-36-34-32-30-27-22-20-18-16-14-12-10-8-6-4-2/h12,14,18,20,27,29-31,34,36-37,39-40,42,51-52,55-56H,3-11,13,15-17,19,21-26,28,32-33,35,38,41,43-50H2,1-2H3,(H,59,60)/b14-12+,20-18+,30-27+,31-29+,36-34+,39-37+,42-40+/t51-,52+/m0/s1. The van der Waals surface area contributed by atoms with E-state index in [1.165, 1.54) is 116 Å². The fourth-order valence-corrected chi connectivity index (χ4v) is 7.37. The zero-order chi connectivity index (χ0) is 47.6. The lowest BCUT2D eigenvalue weighted by Crippen LogP contribution is -2.29. The Labute approximate surface area is 396 Å². The minimum atomic E-state index is -4.66. The summed E-state index contributed by atoms with van der Waals surface area (Å²) < 4.78 is 32.7. The molecule has 1 unspecified atom stereocenters. The molecule has 11 heteroatoms. The van der Waals surface area contributed by atoms with Gasteiger partial charge in [-0.3, -0.25) is 18.6 Å². The van der Waals surface area contributed by atoms with Crippen LogP contribution in [0.5, 0.6) is 0 Å². The number of rotatable bonds is 47. The molecule has 3 N–H and O–H groups in total. The van der Waals surface area contributed by atoms with E-state index in [0.717, 1.165) is 51.4 Å². The topological polar surface area (TPSA) is 149 Å². The van der Waals surface area contributed by atoms with Gasteiger partial charge in [-0.15, -0.1) is 0 Å². The van der Waals surface area contributed by atoms with E-state index in [0.29, 0.717) is 12.8 Å². The lowest BCUT2D eigenvalue weighted by atomic mass is 10.0. The second kappa shape index (κ2) is 49.1. The molecule has 0 aliphatic rings. The lowest BCUT2D eigenvalue weighted by Gasteiger charge is -2.20. The maximum Gasteiger partial charge on any atom is 0.472 e. The number of carbonyl (C=O) groups is 2. The number of carbonyl (C=O) groups excluding carboxylic acids is 2. The summed E-state index contributed by atoms with van der Waals surface area (Å²) in [5.74, 6) is -1.07. The molecule has 0 saturated heterocycles. The highest BCUT2D eigenvalue weighted by Gasteiger charge is 2.27. The van der Waals surface area contributed by atoms with Crippen molar-refractivity contribution in [2.75, 3.05) is 26.4 Å². The number of allylic oxidation sites excluding steroid dienone is 14. The third kappa shape index (κ3) is 48.9. The Balaban J connectivity index is 4.35. The maximum atomic E-state index is 12.6. The van der Waals surface area contributed by atoms with Crippen LogP contribution in [0.4, 0.5) is 0 Å². The molecule has 65 heavy (non-hydrogen) atoms. The predicted molar refractivity (Wildman–Crippen MR) is 269 cm³/mol. The third-order valence-electron chi connectivity index (χ3n) is 10.5. The van der Waals surface area contributed by atoms with Crippen LogP contribution in [0.2, 0.25) is 0 Å². The van der Waals surface area contributed by atoms with E-state index in [1.54, 1.807) is 0 Å². The highest BCUT2D eigenvalue weighted by atomic mass is 31.2. The zero-order valence-electron chi connectivity index (χ0n) is 40.9. The Bertz CT molecular complexity index is 1350. The first-order valence-corrected chi connectivity index (χ1v) is 27.0. The molecule has 0 aliphatic heterocycles. The molecular formula is C54H93O10P. The number of aliphatic hydroxyl groups excluding tert-OH is 2. The van der Waals surface area contributed by atoms with Crippen molar-refractivity contribution in [3.63, 3.8) is 0 Å². The SMILES string of the molecule is CCCCC/C=C/C/C=C/C/C=C/C/C=C/C/C=C/CCC(=O)O[C@H](COC(=O)CCC/C=C/CC/C=C/CCCCCCCCCCCCCCCC)COP(=O)(O)OC[C@@H](O)CO. The molecule has 3 atom stereocenters. The molecule has 0 amide bonds. The van der Waals surface area contributed by atoms with Crippen molar-refractivity contribution in [2.24, 2.45) is 0 Å². The molecule has 374 valence electrons. The first kappa shape index (κ1) is 62.1. The van der Waals surface area contributed by atoms with Gasteiger partial charge in [0.25, 0.3) is 0 Å². The fourth-order valence-electron chi connectivity index (χ4n) is 6.58. The van der Waals surface area contributed by atoms with Gasteiger partial charge in [-0.2, -0.15) is 0 Å². The van der Waals surface area contributed by atoms with Crippen molar-refractivity contribution in [1.29, 1.82) is 0 Å². The van der Waals surface area contributed by atoms with Crippen LogP contribution < -0.4 is 0 Å². The summed E-state index contributed by atoms with van der Waals surface area (Å²) in [6.45, 7) is 2.24. The van der Waals surface area contributed by atoms with Crippen LogP contribution >= 0.6 is 7.82 Å². The Kier molecular flexibility index (Phi) is 46.9. The van der Waals surface area contributed by atoms with Gasteiger partial charge in [-0.1, -0.05) is 195 Å². The fraction of sp³-hybridized carbons (Fsp3) is 0.704. The van der Waals surface area contributed by atoms with E-state index in [1.807, 2.05) is 12.2 Å². The molecule has 0 aromatic rings. The van der Waals surface area contributed by atoms with Crippen molar-refractivity contribution in [3.8, 4) is 0 Å². The molecule has 0 aromatic carbocycles. The molecule has 0 heterocycles. The van der Waals surface area contributed by atoms with Crippen LogP contribution in [-0.2, 0) is 32.7 Å². The second-order valence-corrected chi connectivity index (χ2v) is 18.3. The molecule has 0 aromatic heterocycles. The smallest absolute Gasteiger partial charge is 0.462 e. The van der Waals surface area contributed by atoms with Gasteiger partial charge in [0.2, 0.25) is 0 Å². The molecule has 0 radical (unpaired) electrons. The van der Waals surface area contributed by atoms with Crippen LogP contribution in [0.3, 0.4) is 0 Å². The first-order valence-electron chi connectivity index (χ1n) is 25.5. The molecule has 10 nitrogen and oxygen atoms in total. The summed E-state index contributed by atoms with van der Waals surface area (Å²) in [5.41, 5.74) is 0. The Morgan fingerprint density at radius 2 is 0.846 bits per heavy atom. The Hall–Kier alpha value is -2.85. The summed E-state index contributed by atoms with van der Waals surface area (Å²) in [6.07, 6.45) is 60.1. The molecule has 0 fully saturated rings. The number of aliphatic hydroxyl groups is 2. The summed E-state index contributed by atoms with van der Waals surface area (Å²) in [7, 11) is -4.66. The van der Waals surface area contributed by atoms with Crippen LogP contribution in [0.1, 0.15) is 206 Å². The van der Waals surface area contributed by atoms with E-state index in [-0.39, 0.29) is 19.4 Å². The average molecular weight is 933 g/mol. The number of phosphoric ester groups is 1. The van der Waals surface area contributed by atoms with E-state index in [9.17, 15) is 24.2 Å². The van der Waals surface area contributed by atoms with Gasteiger partial charge in [0.1, 0.15) is 12.7 Å². The maximum absolute atomic E-state index is 12.6. The predicted octanol–water partition coefficient (Wildman–Crippen LogP) is 14.6. The molecule has 0 spiro atoms. The monoisotopic (exact) mass is 933 g/mol. The van der Waals surface area contributed by atoms with Gasteiger partial charge >= 0.3 is 19.8 Å². The van der Waals surface area contributed by atoms with E-state index >= 15 is 0 Å². The van der Waals surface area contributed by atoms with Crippen molar-refractivity contribution >= 4 is 19.8 Å². The molecule has 0 aliphatic carbocycles. The van der Waals surface area contributed by atoms with Crippen LogP contribution in [0.15, 0.2) is 85.1 Å². The highest BCUT2D eigenvalue weighted by Crippen LogP contribution is 2.43. The summed E-state index contributed by atoms with van der Waals surface area (Å²) >= 11 is 0. The third-order valence-corrected chi connectivity index (χ3v) is 11.5. The molecule has 0 rings (SSSR count). The van der Waals surface area contributed by atoms with Crippen molar-refractivity contribution in [2.45, 2.75) is 219 Å². The summed E-state index contributed by atoms with van der Waals surface area (Å²) in [6, 6.07) is 0. The van der Waals surface area contributed by atoms with Gasteiger partial charge in [0.05, 0.1) is 19.8 Å². The van der Waals surface area contributed by atoms with E-state index in [4.69, 9.17) is 19.1 Å². The number of unbranched alkanes of at least 4 members (excludes halogenated alkanes) is 19. The first-order chi connectivity index (χ1) is 31.7. The molecular weight excluding hydrogens is 840 g/mol.